The number of hydrogen-bond donors (Lipinski definition) is 2. The van der Waals surface area contributed by atoms with Gasteiger partial charge in [0.1, 0.15) is 0 Å². The van der Waals surface area contributed by atoms with E-state index in [4.69, 9.17) is 0 Å². The minimum Gasteiger partial charge on any atom is -0.355 e. The number of para-hydroxylation sites is 1. The van der Waals surface area contributed by atoms with Gasteiger partial charge in [-0.05, 0) is 42.3 Å². The first-order valence-corrected chi connectivity index (χ1v) is 5.88. The van der Waals surface area contributed by atoms with E-state index >= 15 is 0 Å². The van der Waals surface area contributed by atoms with Crippen molar-refractivity contribution >= 4 is 24.0 Å². The minimum absolute atomic E-state index is 0.981. The molecule has 0 saturated carbocycles. The van der Waals surface area contributed by atoms with Gasteiger partial charge in [-0.25, -0.2) is 0 Å². The van der Waals surface area contributed by atoms with Gasteiger partial charge in [0.25, 0.3) is 0 Å². The fourth-order valence-electron chi connectivity index (χ4n) is 1.65. The van der Waals surface area contributed by atoms with Crippen molar-refractivity contribution in [1.29, 1.82) is 0 Å². The number of nitrogens with one attached hydrogen (secondary N) is 1. The molecule has 2 heteroatoms. The molecule has 0 radical (unpaired) electrons. The molecule has 0 aromatic heterocycles. The number of hydrogen-bond acceptors (Lipinski definition) is 2. The quantitative estimate of drug-likeness (QED) is 0.748. The zero-order chi connectivity index (χ0) is 11.4. The third kappa shape index (κ3) is 2.58. The van der Waals surface area contributed by atoms with E-state index < -0.39 is 0 Å². The molecule has 0 saturated heterocycles. The lowest BCUT2D eigenvalue weighted by molar-refractivity contribution is 1.14. The highest BCUT2D eigenvalue weighted by Gasteiger charge is 1.99. The largest absolute Gasteiger partial charge is 0.355 e. The van der Waals surface area contributed by atoms with Gasteiger partial charge in [0.15, 0.2) is 0 Å². The van der Waals surface area contributed by atoms with E-state index in [1.165, 1.54) is 11.3 Å². The van der Waals surface area contributed by atoms with Gasteiger partial charge < -0.3 is 5.32 Å². The van der Waals surface area contributed by atoms with Gasteiger partial charge >= 0.3 is 0 Å². The summed E-state index contributed by atoms with van der Waals surface area (Å²) >= 11 is 4.27. The number of thiol groups is 1. The highest BCUT2D eigenvalue weighted by molar-refractivity contribution is 7.80. The molecule has 2 aromatic rings. The molecule has 16 heavy (non-hydrogen) atoms. The Morgan fingerprint density at radius 1 is 1.00 bits per heavy atom. The standard InChI is InChI=1S/C14H15NS/c1-2-11-5-3-4-6-14(11)15-12-7-9-13(16)10-8-12/h3-10,15-16H,2H2,1H3. The molecular weight excluding hydrogens is 214 g/mol. The van der Waals surface area contributed by atoms with E-state index in [-0.39, 0.29) is 0 Å². The average molecular weight is 229 g/mol. The number of aryl methyl sites for hydroxylation is 1. The van der Waals surface area contributed by atoms with Crippen LogP contribution in [0.25, 0.3) is 0 Å². The smallest absolute Gasteiger partial charge is 0.0416 e. The Bertz CT molecular complexity index is 462. The fraction of sp³-hybridized carbons (Fsp3) is 0.143. The summed E-state index contributed by atoms with van der Waals surface area (Å²) in [6.45, 7) is 2.16. The van der Waals surface area contributed by atoms with Crippen molar-refractivity contribution in [3.63, 3.8) is 0 Å². The molecular formula is C14H15NS. The van der Waals surface area contributed by atoms with Crippen molar-refractivity contribution in [3.8, 4) is 0 Å². The van der Waals surface area contributed by atoms with Crippen molar-refractivity contribution < 1.29 is 0 Å². The molecule has 1 N–H and O–H groups in total. The minimum atomic E-state index is 0.981. The summed E-state index contributed by atoms with van der Waals surface area (Å²) < 4.78 is 0. The Hall–Kier alpha value is -1.41. The lowest BCUT2D eigenvalue weighted by Crippen LogP contribution is -1.94. The van der Waals surface area contributed by atoms with Crippen LogP contribution < -0.4 is 5.32 Å². The van der Waals surface area contributed by atoms with Crippen molar-refractivity contribution in [3.05, 3.63) is 54.1 Å². The molecule has 0 bridgehead atoms. The van der Waals surface area contributed by atoms with Gasteiger partial charge in [0.2, 0.25) is 0 Å². The van der Waals surface area contributed by atoms with Gasteiger partial charge in [-0.15, -0.1) is 12.6 Å². The SMILES string of the molecule is CCc1ccccc1Nc1ccc(S)cc1. The van der Waals surface area contributed by atoms with Crippen molar-refractivity contribution in [2.45, 2.75) is 18.2 Å². The van der Waals surface area contributed by atoms with Crippen LogP contribution in [0.2, 0.25) is 0 Å². The molecule has 1 nitrogen and oxygen atoms in total. The Morgan fingerprint density at radius 3 is 2.38 bits per heavy atom. The summed E-state index contributed by atoms with van der Waals surface area (Å²) in [6.07, 6.45) is 1.04. The van der Waals surface area contributed by atoms with Gasteiger partial charge in [-0.1, -0.05) is 25.1 Å². The number of benzene rings is 2. The van der Waals surface area contributed by atoms with Gasteiger partial charge in [0, 0.05) is 16.3 Å². The van der Waals surface area contributed by atoms with Crippen LogP contribution in [0.3, 0.4) is 0 Å². The van der Waals surface area contributed by atoms with E-state index in [2.05, 4.69) is 49.1 Å². The fourth-order valence-corrected chi connectivity index (χ4v) is 1.80. The van der Waals surface area contributed by atoms with E-state index in [0.717, 1.165) is 17.0 Å². The van der Waals surface area contributed by atoms with Crippen LogP contribution >= 0.6 is 12.6 Å². The molecule has 0 unspecified atom stereocenters. The molecule has 2 aromatic carbocycles. The first kappa shape index (κ1) is 11.1. The van der Waals surface area contributed by atoms with Crippen LogP contribution in [-0.4, -0.2) is 0 Å². The first-order valence-electron chi connectivity index (χ1n) is 5.43. The molecule has 0 aliphatic heterocycles. The lowest BCUT2D eigenvalue weighted by Gasteiger charge is -2.10. The third-order valence-corrected chi connectivity index (χ3v) is 2.84. The topological polar surface area (TPSA) is 12.0 Å². The van der Waals surface area contributed by atoms with E-state index in [1.807, 2.05) is 24.3 Å². The molecule has 2 rings (SSSR count). The van der Waals surface area contributed by atoms with Gasteiger partial charge in [-0.3, -0.25) is 0 Å². The zero-order valence-electron chi connectivity index (χ0n) is 9.27. The Morgan fingerprint density at radius 2 is 1.69 bits per heavy atom. The van der Waals surface area contributed by atoms with Crippen molar-refractivity contribution in [2.24, 2.45) is 0 Å². The monoisotopic (exact) mass is 229 g/mol. The van der Waals surface area contributed by atoms with Crippen molar-refractivity contribution in [1.82, 2.24) is 0 Å². The van der Waals surface area contributed by atoms with Crippen molar-refractivity contribution in [2.75, 3.05) is 5.32 Å². The second-order valence-corrected chi connectivity index (χ2v) is 4.20. The maximum atomic E-state index is 4.27. The second-order valence-electron chi connectivity index (χ2n) is 3.68. The van der Waals surface area contributed by atoms with Crippen LogP contribution in [0, 0.1) is 0 Å². The Labute approximate surface area is 102 Å². The zero-order valence-corrected chi connectivity index (χ0v) is 10.2. The van der Waals surface area contributed by atoms with Crippen LogP contribution in [-0.2, 0) is 6.42 Å². The van der Waals surface area contributed by atoms with Gasteiger partial charge in [0.05, 0.1) is 0 Å². The molecule has 0 aliphatic rings. The van der Waals surface area contributed by atoms with E-state index in [0.29, 0.717) is 0 Å². The summed E-state index contributed by atoms with van der Waals surface area (Å²) in [5.74, 6) is 0. The second kappa shape index (κ2) is 5.08. The summed E-state index contributed by atoms with van der Waals surface area (Å²) in [5.41, 5.74) is 3.60. The van der Waals surface area contributed by atoms with Crippen LogP contribution in [0.1, 0.15) is 12.5 Å². The predicted molar refractivity (Wildman–Crippen MR) is 72.8 cm³/mol. The first-order chi connectivity index (χ1) is 7.79. The maximum absolute atomic E-state index is 4.27. The molecule has 0 heterocycles. The van der Waals surface area contributed by atoms with E-state index in [1.54, 1.807) is 0 Å². The molecule has 0 spiro atoms. The number of rotatable bonds is 3. The molecule has 0 atom stereocenters. The predicted octanol–water partition coefficient (Wildman–Crippen LogP) is 4.28. The molecule has 0 aliphatic carbocycles. The summed E-state index contributed by atoms with van der Waals surface area (Å²) in [7, 11) is 0. The van der Waals surface area contributed by atoms with Crippen LogP contribution in [0.15, 0.2) is 53.4 Å². The Kier molecular flexibility index (Phi) is 3.52. The molecule has 82 valence electrons. The maximum Gasteiger partial charge on any atom is 0.0416 e. The number of anilines is 2. The lowest BCUT2D eigenvalue weighted by atomic mass is 10.1. The van der Waals surface area contributed by atoms with Crippen LogP contribution in [0.4, 0.5) is 11.4 Å². The normalized spacial score (nSPS) is 10.1. The average Bonchev–Trinajstić information content (AvgIpc) is 2.33. The van der Waals surface area contributed by atoms with Crippen LogP contribution in [0.5, 0.6) is 0 Å². The Balaban J connectivity index is 2.23. The highest BCUT2D eigenvalue weighted by atomic mass is 32.1. The highest BCUT2D eigenvalue weighted by Crippen LogP contribution is 2.21. The summed E-state index contributed by atoms with van der Waals surface area (Å²) in [4.78, 5) is 0.981. The third-order valence-electron chi connectivity index (χ3n) is 2.54. The molecule has 0 fully saturated rings. The van der Waals surface area contributed by atoms with Gasteiger partial charge in [-0.2, -0.15) is 0 Å². The summed E-state index contributed by atoms with van der Waals surface area (Å²) in [5, 5.41) is 3.42. The van der Waals surface area contributed by atoms with E-state index in [9.17, 15) is 0 Å². The summed E-state index contributed by atoms with van der Waals surface area (Å²) in [6, 6.07) is 16.4. The molecule has 0 amide bonds.